The van der Waals surface area contributed by atoms with E-state index in [4.69, 9.17) is 9.47 Å². The molecule has 1 N–H and O–H groups in total. The molecule has 1 heterocycles. The summed E-state index contributed by atoms with van der Waals surface area (Å²) in [5.74, 6) is -0.755. The van der Waals surface area contributed by atoms with Gasteiger partial charge in [0.25, 0.3) is 5.91 Å². The molecule has 2 rings (SSSR count). The molecule has 0 saturated heterocycles. The van der Waals surface area contributed by atoms with E-state index in [0.29, 0.717) is 0 Å². The SMILES string of the molecule is COC1(OC)NCCc2ccccc21. The second-order valence-corrected chi connectivity index (χ2v) is 3.36. The molecular weight excluding hydrogens is 178 g/mol. The molecule has 0 aliphatic carbocycles. The average Bonchev–Trinajstić information content (AvgIpc) is 2.28. The number of benzene rings is 1. The van der Waals surface area contributed by atoms with Crippen LogP contribution in [0.15, 0.2) is 24.3 Å². The fraction of sp³-hybridized carbons (Fsp3) is 0.455. The molecule has 0 bridgehead atoms. The van der Waals surface area contributed by atoms with Gasteiger partial charge in [-0.1, -0.05) is 24.3 Å². The number of rotatable bonds is 2. The summed E-state index contributed by atoms with van der Waals surface area (Å²) in [6.45, 7) is 0.874. The molecule has 3 nitrogen and oxygen atoms in total. The van der Waals surface area contributed by atoms with E-state index < -0.39 is 5.91 Å². The van der Waals surface area contributed by atoms with E-state index >= 15 is 0 Å². The van der Waals surface area contributed by atoms with Gasteiger partial charge in [0.2, 0.25) is 0 Å². The van der Waals surface area contributed by atoms with E-state index in [2.05, 4.69) is 11.4 Å². The van der Waals surface area contributed by atoms with Crippen LogP contribution in [0.1, 0.15) is 11.1 Å². The Morgan fingerprint density at radius 1 is 1.21 bits per heavy atom. The molecule has 1 aromatic rings. The maximum Gasteiger partial charge on any atom is 0.255 e. The molecule has 0 spiro atoms. The zero-order valence-corrected chi connectivity index (χ0v) is 8.54. The van der Waals surface area contributed by atoms with Crippen LogP contribution in [0.3, 0.4) is 0 Å². The molecule has 1 aliphatic rings. The van der Waals surface area contributed by atoms with Gasteiger partial charge in [-0.2, -0.15) is 0 Å². The van der Waals surface area contributed by atoms with Crippen LogP contribution in [0.5, 0.6) is 0 Å². The van der Waals surface area contributed by atoms with Gasteiger partial charge in [-0.25, -0.2) is 0 Å². The molecule has 1 aromatic carbocycles. The Hall–Kier alpha value is -0.900. The third-order valence-electron chi connectivity index (χ3n) is 2.70. The lowest BCUT2D eigenvalue weighted by molar-refractivity contribution is -0.241. The number of methoxy groups -OCH3 is 2. The number of fused-ring (bicyclic) bond motifs is 1. The van der Waals surface area contributed by atoms with Crippen LogP contribution in [0.2, 0.25) is 0 Å². The summed E-state index contributed by atoms with van der Waals surface area (Å²) in [4.78, 5) is 0. The first kappa shape index (κ1) is 9.65. The van der Waals surface area contributed by atoms with Gasteiger partial charge in [0.1, 0.15) is 0 Å². The summed E-state index contributed by atoms with van der Waals surface area (Å²) < 4.78 is 10.8. The second kappa shape index (κ2) is 3.69. The third-order valence-corrected chi connectivity index (χ3v) is 2.70. The van der Waals surface area contributed by atoms with Crippen LogP contribution >= 0.6 is 0 Å². The zero-order chi connectivity index (χ0) is 10.0. The minimum Gasteiger partial charge on any atom is -0.337 e. The summed E-state index contributed by atoms with van der Waals surface area (Å²) >= 11 is 0. The Morgan fingerprint density at radius 3 is 2.64 bits per heavy atom. The predicted octanol–water partition coefficient (Wildman–Crippen LogP) is 1.24. The minimum absolute atomic E-state index is 0.755. The molecular formula is C11H15NO2. The normalized spacial score (nSPS) is 19.0. The first-order chi connectivity index (χ1) is 6.82. The van der Waals surface area contributed by atoms with Crippen molar-refractivity contribution >= 4 is 0 Å². The van der Waals surface area contributed by atoms with E-state index in [0.717, 1.165) is 18.5 Å². The van der Waals surface area contributed by atoms with Gasteiger partial charge in [0.15, 0.2) is 0 Å². The molecule has 3 heteroatoms. The van der Waals surface area contributed by atoms with E-state index in [1.54, 1.807) is 14.2 Å². The standard InChI is InChI=1S/C11H15NO2/c1-13-11(14-2)10-6-4-3-5-9(10)7-8-12-11/h3-6,12H,7-8H2,1-2H3. The smallest absolute Gasteiger partial charge is 0.255 e. The van der Waals surface area contributed by atoms with Gasteiger partial charge >= 0.3 is 0 Å². The van der Waals surface area contributed by atoms with E-state index in [1.165, 1.54) is 5.56 Å². The average molecular weight is 193 g/mol. The molecule has 0 atom stereocenters. The van der Waals surface area contributed by atoms with Crippen LogP contribution in [0.4, 0.5) is 0 Å². The fourth-order valence-electron chi connectivity index (χ4n) is 1.96. The van der Waals surface area contributed by atoms with Crippen LogP contribution in [0, 0.1) is 0 Å². The first-order valence-electron chi connectivity index (χ1n) is 4.76. The molecule has 76 valence electrons. The van der Waals surface area contributed by atoms with Gasteiger partial charge < -0.3 is 9.47 Å². The molecule has 14 heavy (non-hydrogen) atoms. The van der Waals surface area contributed by atoms with Gasteiger partial charge in [0, 0.05) is 26.3 Å². The van der Waals surface area contributed by atoms with Crippen LogP contribution in [-0.4, -0.2) is 20.8 Å². The van der Waals surface area contributed by atoms with E-state index in [-0.39, 0.29) is 0 Å². The van der Waals surface area contributed by atoms with Crippen LogP contribution in [0.25, 0.3) is 0 Å². The van der Waals surface area contributed by atoms with Crippen LogP contribution < -0.4 is 5.32 Å². The summed E-state index contributed by atoms with van der Waals surface area (Å²) in [7, 11) is 3.30. The lowest BCUT2D eigenvalue weighted by Crippen LogP contribution is -2.50. The molecule has 0 aromatic heterocycles. The highest BCUT2D eigenvalue weighted by Crippen LogP contribution is 2.29. The molecule has 0 fully saturated rings. The van der Waals surface area contributed by atoms with Crippen molar-refractivity contribution in [2.75, 3.05) is 20.8 Å². The van der Waals surface area contributed by atoms with Crippen molar-refractivity contribution in [1.82, 2.24) is 5.32 Å². The Kier molecular flexibility index (Phi) is 2.54. The predicted molar refractivity (Wildman–Crippen MR) is 53.8 cm³/mol. The van der Waals surface area contributed by atoms with Gasteiger partial charge in [0.05, 0.1) is 0 Å². The molecule has 1 aliphatic heterocycles. The van der Waals surface area contributed by atoms with E-state index in [9.17, 15) is 0 Å². The number of ether oxygens (including phenoxy) is 2. The lowest BCUT2D eigenvalue weighted by Gasteiger charge is -2.36. The second-order valence-electron chi connectivity index (χ2n) is 3.36. The monoisotopic (exact) mass is 193 g/mol. The van der Waals surface area contributed by atoms with Crippen molar-refractivity contribution in [1.29, 1.82) is 0 Å². The van der Waals surface area contributed by atoms with Crippen molar-refractivity contribution in [3.8, 4) is 0 Å². The molecule has 0 amide bonds. The van der Waals surface area contributed by atoms with Crippen molar-refractivity contribution in [3.63, 3.8) is 0 Å². The highest BCUT2D eigenvalue weighted by atomic mass is 16.7. The highest BCUT2D eigenvalue weighted by molar-refractivity contribution is 5.33. The van der Waals surface area contributed by atoms with Gasteiger partial charge in [-0.05, 0) is 12.0 Å². The third kappa shape index (κ3) is 1.34. The summed E-state index contributed by atoms with van der Waals surface area (Å²) in [5.41, 5.74) is 2.37. The zero-order valence-electron chi connectivity index (χ0n) is 8.54. The minimum atomic E-state index is -0.755. The Morgan fingerprint density at radius 2 is 1.93 bits per heavy atom. The van der Waals surface area contributed by atoms with E-state index in [1.807, 2.05) is 18.2 Å². The maximum absolute atomic E-state index is 5.42. The summed E-state index contributed by atoms with van der Waals surface area (Å²) in [6.07, 6.45) is 1.02. The fourth-order valence-corrected chi connectivity index (χ4v) is 1.96. The Labute approximate surface area is 84.0 Å². The molecule has 0 saturated carbocycles. The van der Waals surface area contributed by atoms with Crippen molar-refractivity contribution in [3.05, 3.63) is 35.4 Å². The topological polar surface area (TPSA) is 30.5 Å². The summed E-state index contributed by atoms with van der Waals surface area (Å²) in [6, 6.07) is 8.19. The Balaban J connectivity index is 2.48. The van der Waals surface area contributed by atoms with Gasteiger partial charge in [-0.15, -0.1) is 0 Å². The lowest BCUT2D eigenvalue weighted by atomic mass is 9.98. The maximum atomic E-state index is 5.42. The van der Waals surface area contributed by atoms with Crippen molar-refractivity contribution in [2.45, 2.75) is 12.3 Å². The number of nitrogens with one attached hydrogen (secondary N) is 1. The van der Waals surface area contributed by atoms with Crippen molar-refractivity contribution < 1.29 is 9.47 Å². The number of hydrogen-bond acceptors (Lipinski definition) is 3. The first-order valence-corrected chi connectivity index (χ1v) is 4.76. The van der Waals surface area contributed by atoms with Gasteiger partial charge in [-0.3, -0.25) is 5.32 Å². The van der Waals surface area contributed by atoms with Crippen LogP contribution in [-0.2, 0) is 21.8 Å². The quantitative estimate of drug-likeness (QED) is 0.717. The highest BCUT2D eigenvalue weighted by Gasteiger charge is 2.36. The molecule has 0 radical (unpaired) electrons. The largest absolute Gasteiger partial charge is 0.337 e. The molecule has 0 unspecified atom stereocenters. The Bertz CT molecular complexity index is 321. The number of hydrogen-bond donors (Lipinski definition) is 1. The summed E-state index contributed by atoms with van der Waals surface area (Å²) in [5, 5.41) is 3.24. The van der Waals surface area contributed by atoms with Crippen molar-refractivity contribution in [2.24, 2.45) is 0 Å².